The molecule has 0 saturated carbocycles. The number of benzene rings is 3. The minimum absolute atomic E-state index is 0.0406. The van der Waals surface area contributed by atoms with Crippen molar-refractivity contribution in [3.05, 3.63) is 48.5 Å². The summed E-state index contributed by atoms with van der Waals surface area (Å²) in [5.74, 6) is -1.11. The van der Waals surface area contributed by atoms with Crippen LogP contribution in [0.2, 0.25) is 0 Å². The van der Waals surface area contributed by atoms with Crippen molar-refractivity contribution in [2.24, 2.45) is 10.2 Å². The summed E-state index contributed by atoms with van der Waals surface area (Å²) in [4.78, 5) is 11.2. The second kappa shape index (κ2) is 9.38. The van der Waals surface area contributed by atoms with Gasteiger partial charge in [-0.2, -0.15) is 13.5 Å². The van der Waals surface area contributed by atoms with Crippen LogP contribution in [-0.2, 0) is 24.3 Å². The molecule has 0 aliphatic carbocycles. The Morgan fingerprint density at radius 1 is 1.13 bits per heavy atom. The van der Waals surface area contributed by atoms with E-state index in [1.165, 1.54) is 19.1 Å². The van der Waals surface area contributed by atoms with E-state index in [9.17, 15) is 22.9 Å². The number of azo groups is 1. The fourth-order valence-electron chi connectivity index (χ4n) is 2.75. The van der Waals surface area contributed by atoms with Gasteiger partial charge in [0.1, 0.15) is 10.6 Å². The zero-order chi connectivity index (χ0) is 22.6. The Labute approximate surface area is 180 Å². The fourth-order valence-corrected chi connectivity index (χ4v) is 3.85. The third-order valence-corrected chi connectivity index (χ3v) is 5.32. The third kappa shape index (κ3) is 5.35. The first-order valence-corrected chi connectivity index (χ1v) is 10.6. The molecule has 4 N–H and O–H groups in total. The van der Waals surface area contributed by atoms with E-state index < -0.39 is 32.4 Å². The lowest BCUT2D eigenvalue weighted by molar-refractivity contribution is -0.432. The van der Waals surface area contributed by atoms with E-state index in [0.717, 1.165) is 6.07 Å². The molecule has 13 heteroatoms. The highest BCUT2D eigenvalue weighted by molar-refractivity contribution is 7.94. The Morgan fingerprint density at radius 3 is 2.45 bits per heavy atom. The van der Waals surface area contributed by atoms with Gasteiger partial charge in [-0.05, 0) is 35.7 Å². The second-order valence-corrected chi connectivity index (χ2v) is 8.22. The number of nitrogens with one attached hydrogen (secondary N) is 1. The molecule has 0 spiro atoms. The SMILES string of the molecule is CC(=O)Nc1cc(SOOO)cc2cc(S(=O)(=O)O)c(N=Nc3ccccc3)c(O)c12. The van der Waals surface area contributed by atoms with Crippen LogP contribution in [0.5, 0.6) is 5.75 Å². The minimum atomic E-state index is -4.82. The number of anilines is 1. The first-order valence-electron chi connectivity index (χ1n) is 8.41. The van der Waals surface area contributed by atoms with E-state index in [-0.39, 0.29) is 21.4 Å². The summed E-state index contributed by atoms with van der Waals surface area (Å²) in [5.41, 5.74) is -0.0522. The number of carbonyl (C=O) groups excluding carboxylic acids is 1. The summed E-state index contributed by atoms with van der Waals surface area (Å²) < 4.78 is 38.0. The first kappa shape index (κ1) is 22.6. The number of hydrogen-bond donors (Lipinski definition) is 4. The number of rotatable bonds is 7. The van der Waals surface area contributed by atoms with Gasteiger partial charge in [-0.3, -0.25) is 9.35 Å². The molecule has 0 aromatic heterocycles. The van der Waals surface area contributed by atoms with Gasteiger partial charge in [0.05, 0.1) is 23.4 Å². The van der Waals surface area contributed by atoms with Crippen molar-refractivity contribution in [3.8, 4) is 5.75 Å². The van der Waals surface area contributed by atoms with E-state index >= 15 is 0 Å². The molecule has 11 nitrogen and oxygen atoms in total. The molecule has 0 heterocycles. The summed E-state index contributed by atoms with van der Waals surface area (Å²) in [5, 5.41) is 33.1. The standard InChI is InChI=1S/C18H15N3O8S2/c1-10(22)19-14-9-13(30-29-28-24)7-11-8-15(31(25,26)27)17(18(23)16(11)14)21-20-12-5-3-2-4-6-12/h2-9,23-24H,1H3,(H,19,22)(H,25,26,27). The van der Waals surface area contributed by atoms with E-state index in [4.69, 9.17) is 5.26 Å². The van der Waals surface area contributed by atoms with E-state index in [0.29, 0.717) is 17.7 Å². The molecule has 0 saturated heterocycles. The van der Waals surface area contributed by atoms with Gasteiger partial charge in [0, 0.05) is 17.2 Å². The number of hydrogen-bond acceptors (Lipinski definition) is 10. The number of phenols is 1. The summed E-state index contributed by atoms with van der Waals surface area (Å²) in [6.45, 7) is 1.23. The van der Waals surface area contributed by atoms with Crippen molar-refractivity contribution in [1.82, 2.24) is 0 Å². The van der Waals surface area contributed by atoms with E-state index in [2.05, 4.69) is 24.9 Å². The Balaban J connectivity index is 2.30. The van der Waals surface area contributed by atoms with Crippen LogP contribution in [0.4, 0.5) is 17.1 Å². The number of fused-ring (bicyclic) bond motifs is 1. The molecule has 0 unspecified atom stereocenters. The first-order chi connectivity index (χ1) is 14.7. The Hall–Kier alpha value is -3.07. The van der Waals surface area contributed by atoms with Crippen LogP contribution in [0.25, 0.3) is 10.8 Å². The molecular weight excluding hydrogens is 450 g/mol. The fraction of sp³-hybridized carbons (Fsp3) is 0.0556. The summed E-state index contributed by atoms with van der Waals surface area (Å²) in [6.07, 6.45) is 0. The second-order valence-electron chi connectivity index (χ2n) is 6.06. The highest BCUT2D eigenvalue weighted by atomic mass is 32.2. The average molecular weight is 465 g/mol. The van der Waals surface area contributed by atoms with Crippen LogP contribution < -0.4 is 5.32 Å². The normalized spacial score (nSPS) is 11.8. The van der Waals surface area contributed by atoms with Crippen LogP contribution in [0, 0.1) is 0 Å². The third-order valence-electron chi connectivity index (χ3n) is 3.89. The van der Waals surface area contributed by atoms with Gasteiger partial charge < -0.3 is 10.4 Å². The van der Waals surface area contributed by atoms with Crippen molar-refractivity contribution in [1.29, 1.82) is 0 Å². The molecule has 0 aliphatic rings. The predicted octanol–water partition coefficient (Wildman–Crippen LogP) is 4.59. The lowest BCUT2D eigenvalue weighted by atomic mass is 10.1. The maximum absolute atomic E-state index is 12.0. The predicted molar refractivity (Wildman–Crippen MR) is 111 cm³/mol. The zero-order valence-electron chi connectivity index (χ0n) is 15.7. The molecule has 0 radical (unpaired) electrons. The monoisotopic (exact) mass is 465 g/mol. The number of amides is 1. The molecular formula is C18H15N3O8S2. The lowest BCUT2D eigenvalue weighted by Gasteiger charge is -2.14. The summed E-state index contributed by atoms with van der Waals surface area (Å²) >= 11 is 0.548. The number of nitrogens with zero attached hydrogens (tertiary/aromatic N) is 2. The highest BCUT2D eigenvalue weighted by Gasteiger charge is 2.24. The summed E-state index contributed by atoms with van der Waals surface area (Å²) in [7, 11) is -4.82. The quantitative estimate of drug-likeness (QED) is 0.128. The average Bonchev–Trinajstić information content (AvgIpc) is 2.70. The van der Waals surface area contributed by atoms with Gasteiger partial charge in [-0.15, -0.1) is 9.45 Å². The van der Waals surface area contributed by atoms with Crippen LogP contribution in [-0.4, -0.2) is 29.2 Å². The number of carbonyl (C=O) groups is 1. The molecule has 1 amide bonds. The molecule has 3 aromatic rings. The van der Waals surface area contributed by atoms with Crippen LogP contribution in [0.15, 0.2) is 68.6 Å². The van der Waals surface area contributed by atoms with E-state index in [1.54, 1.807) is 30.3 Å². The molecule has 3 rings (SSSR count). The summed E-state index contributed by atoms with van der Waals surface area (Å²) in [6, 6.07) is 12.1. The smallest absolute Gasteiger partial charge is 0.296 e. The molecule has 3 aromatic carbocycles. The number of phenolic OH excluding ortho intramolecular Hbond substituents is 1. The van der Waals surface area contributed by atoms with Crippen molar-refractivity contribution in [2.75, 3.05) is 5.32 Å². The van der Waals surface area contributed by atoms with Crippen LogP contribution >= 0.6 is 12.0 Å². The topological polar surface area (TPSA) is 167 Å². The maximum Gasteiger partial charge on any atom is 0.296 e. The molecule has 0 atom stereocenters. The highest BCUT2D eigenvalue weighted by Crippen LogP contribution is 2.45. The van der Waals surface area contributed by atoms with Gasteiger partial charge in [-0.1, -0.05) is 23.2 Å². The largest absolute Gasteiger partial charge is 0.505 e. The Morgan fingerprint density at radius 2 is 1.84 bits per heavy atom. The Bertz CT molecular complexity index is 1260. The van der Waals surface area contributed by atoms with E-state index in [1.807, 2.05) is 0 Å². The molecule has 0 bridgehead atoms. The van der Waals surface area contributed by atoms with Crippen LogP contribution in [0.3, 0.4) is 0 Å². The van der Waals surface area contributed by atoms with Crippen LogP contribution in [0.1, 0.15) is 6.92 Å². The van der Waals surface area contributed by atoms with Gasteiger partial charge in [0.25, 0.3) is 10.1 Å². The molecule has 0 fully saturated rings. The van der Waals surface area contributed by atoms with Gasteiger partial charge in [0.15, 0.2) is 5.75 Å². The van der Waals surface area contributed by atoms with Crippen molar-refractivity contribution in [2.45, 2.75) is 16.7 Å². The zero-order valence-corrected chi connectivity index (χ0v) is 17.3. The minimum Gasteiger partial charge on any atom is -0.505 e. The molecule has 0 aliphatic heterocycles. The van der Waals surface area contributed by atoms with Gasteiger partial charge >= 0.3 is 0 Å². The molecule has 31 heavy (non-hydrogen) atoms. The number of aromatic hydroxyl groups is 1. The Kier molecular flexibility index (Phi) is 6.84. The van der Waals surface area contributed by atoms with Gasteiger partial charge in [0.2, 0.25) is 5.91 Å². The van der Waals surface area contributed by atoms with Crippen molar-refractivity contribution < 1.29 is 37.5 Å². The van der Waals surface area contributed by atoms with Crippen molar-refractivity contribution in [3.63, 3.8) is 0 Å². The lowest BCUT2D eigenvalue weighted by Crippen LogP contribution is -2.07. The van der Waals surface area contributed by atoms with Crippen molar-refractivity contribution >= 4 is 55.9 Å². The maximum atomic E-state index is 12.0. The van der Waals surface area contributed by atoms with Gasteiger partial charge in [-0.25, -0.2) is 5.26 Å². The molecule has 162 valence electrons.